The first-order valence-electron chi connectivity index (χ1n) is 8.28. The molecular formula is C20H17N3O3. The summed E-state index contributed by atoms with van der Waals surface area (Å²) in [5.74, 6) is 0.752. The van der Waals surface area contributed by atoms with Crippen LogP contribution in [0.4, 0.5) is 5.82 Å². The average molecular weight is 347 g/mol. The Hall–Kier alpha value is -3.41. The lowest BCUT2D eigenvalue weighted by Gasteiger charge is -2.15. The Morgan fingerprint density at radius 2 is 1.85 bits per heavy atom. The zero-order chi connectivity index (χ0) is 18.3. The van der Waals surface area contributed by atoms with E-state index in [1.807, 2.05) is 47.9 Å². The molecule has 4 aromatic rings. The number of carbonyl (C=O) groups is 1. The topological polar surface area (TPSA) is 77.1 Å². The molecule has 1 N–H and O–H groups in total. The number of para-hydroxylation sites is 1. The predicted molar refractivity (Wildman–Crippen MR) is 100 cm³/mol. The van der Waals surface area contributed by atoms with E-state index in [-0.39, 0.29) is 17.9 Å². The molecule has 2 heterocycles. The number of nitrogens with one attached hydrogen (secondary N) is 1. The van der Waals surface area contributed by atoms with Crippen molar-refractivity contribution in [2.75, 3.05) is 5.32 Å². The third-order valence-electron chi connectivity index (χ3n) is 4.32. The number of benzene rings is 2. The van der Waals surface area contributed by atoms with Gasteiger partial charge in [0.1, 0.15) is 12.3 Å². The highest BCUT2D eigenvalue weighted by Gasteiger charge is 2.14. The van der Waals surface area contributed by atoms with E-state index in [1.54, 1.807) is 19.1 Å². The number of aromatic nitrogens is 2. The molecule has 2 aromatic heterocycles. The fourth-order valence-electron chi connectivity index (χ4n) is 3.16. The summed E-state index contributed by atoms with van der Waals surface area (Å²) in [5, 5.41) is 7.70. The molecule has 0 fully saturated rings. The van der Waals surface area contributed by atoms with Crippen molar-refractivity contribution in [3.05, 3.63) is 70.1 Å². The van der Waals surface area contributed by atoms with Crippen LogP contribution in [0.2, 0.25) is 0 Å². The quantitative estimate of drug-likeness (QED) is 0.576. The normalized spacial score (nSPS) is 11.2. The van der Waals surface area contributed by atoms with Crippen molar-refractivity contribution < 1.29 is 9.32 Å². The van der Waals surface area contributed by atoms with Crippen LogP contribution < -0.4 is 10.7 Å². The second-order valence-electron chi connectivity index (χ2n) is 6.32. The highest BCUT2D eigenvalue weighted by Crippen LogP contribution is 2.20. The van der Waals surface area contributed by atoms with Crippen molar-refractivity contribution in [1.29, 1.82) is 0 Å². The van der Waals surface area contributed by atoms with E-state index in [0.717, 1.165) is 16.6 Å². The molecule has 0 unspecified atom stereocenters. The SMILES string of the molecule is Cc1ccc2c(c1)c(=O)c1ccccc1n2CC(=O)Nc1cc(C)on1. The maximum Gasteiger partial charge on any atom is 0.245 e. The molecule has 6 heteroatoms. The van der Waals surface area contributed by atoms with Gasteiger partial charge in [-0.3, -0.25) is 9.59 Å². The number of hydrogen-bond acceptors (Lipinski definition) is 4. The lowest BCUT2D eigenvalue weighted by atomic mass is 10.1. The zero-order valence-corrected chi connectivity index (χ0v) is 14.4. The number of aryl methyl sites for hydroxylation is 2. The van der Waals surface area contributed by atoms with E-state index in [0.29, 0.717) is 22.4 Å². The Morgan fingerprint density at radius 3 is 2.62 bits per heavy atom. The third kappa shape index (κ3) is 2.75. The van der Waals surface area contributed by atoms with Crippen LogP contribution in [0.1, 0.15) is 11.3 Å². The van der Waals surface area contributed by atoms with Crippen LogP contribution in [0.3, 0.4) is 0 Å². The van der Waals surface area contributed by atoms with Gasteiger partial charge in [-0.25, -0.2) is 0 Å². The fourth-order valence-corrected chi connectivity index (χ4v) is 3.16. The van der Waals surface area contributed by atoms with E-state index in [2.05, 4.69) is 10.5 Å². The number of carbonyl (C=O) groups excluding carboxylic acids is 1. The highest BCUT2D eigenvalue weighted by molar-refractivity contribution is 5.97. The number of pyridine rings is 1. The number of anilines is 1. The molecule has 4 rings (SSSR count). The molecule has 6 nitrogen and oxygen atoms in total. The van der Waals surface area contributed by atoms with Crippen LogP contribution in [0.15, 0.2) is 57.8 Å². The summed E-state index contributed by atoms with van der Waals surface area (Å²) in [6.07, 6.45) is 0. The smallest absolute Gasteiger partial charge is 0.245 e. The zero-order valence-electron chi connectivity index (χ0n) is 14.4. The van der Waals surface area contributed by atoms with Gasteiger partial charge in [0.05, 0.1) is 11.0 Å². The van der Waals surface area contributed by atoms with E-state index in [9.17, 15) is 9.59 Å². The molecule has 0 saturated heterocycles. The molecule has 0 radical (unpaired) electrons. The summed E-state index contributed by atoms with van der Waals surface area (Å²) in [5.41, 5.74) is 2.42. The van der Waals surface area contributed by atoms with Gasteiger partial charge >= 0.3 is 0 Å². The Balaban J connectivity index is 1.85. The van der Waals surface area contributed by atoms with Crippen molar-refractivity contribution in [1.82, 2.24) is 9.72 Å². The van der Waals surface area contributed by atoms with Gasteiger partial charge in [0, 0.05) is 16.8 Å². The van der Waals surface area contributed by atoms with Crippen LogP contribution in [0.5, 0.6) is 0 Å². The Kier molecular flexibility index (Phi) is 3.80. The van der Waals surface area contributed by atoms with E-state index in [1.165, 1.54) is 0 Å². The second-order valence-corrected chi connectivity index (χ2v) is 6.32. The molecular weight excluding hydrogens is 330 g/mol. The molecule has 0 saturated carbocycles. The van der Waals surface area contributed by atoms with E-state index in [4.69, 9.17) is 4.52 Å². The minimum Gasteiger partial charge on any atom is -0.360 e. The van der Waals surface area contributed by atoms with Crippen molar-refractivity contribution >= 4 is 33.5 Å². The van der Waals surface area contributed by atoms with Crippen molar-refractivity contribution in [2.45, 2.75) is 20.4 Å². The van der Waals surface area contributed by atoms with Gasteiger partial charge in [-0.2, -0.15) is 0 Å². The molecule has 0 aliphatic heterocycles. The van der Waals surface area contributed by atoms with Crippen molar-refractivity contribution in [3.8, 4) is 0 Å². The standard InChI is InChI=1S/C20H17N3O3/c1-12-7-8-17-15(9-12)20(25)14-5-3-4-6-16(14)23(17)11-19(24)21-18-10-13(2)26-22-18/h3-10H,11H2,1-2H3,(H,21,22,24). The van der Waals surface area contributed by atoms with Crippen LogP contribution >= 0.6 is 0 Å². The molecule has 0 aliphatic rings. The summed E-state index contributed by atoms with van der Waals surface area (Å²) in [7, 11) is 0. The number of fused-ring (bicyclic) bond motifs is 2. The Labute approximate surface area is 149 Å². The van der Waals surface area contributed by atoms with Gasteiger partial charge in [-0.05, 0) is 38.1 Å². The van der Waals surface area contributed by atoms with Gasteiger partial charge in [-0.15, -0.1) is 0 Å². The first-order chi connectivity index (χ1) is 12.5. The first kappa shape index (κ1) is 16.1. The summed E-state index contributed by atoms with van der Waals surface area (Å²) >= 11 is 0. The summed E-state index contributed by atoms with van der Waals surface area (Å²) in [6.45, 7) is 3.76. The maximum absolute atomic E-state index is 12.8. The Morgan fingerprint density at radius 1 is 1.08 bits per heavy atom. The monoisotopic (exact) mass is 347 g/mol. The molecule has 0 spiro atoms. The van der Waals surface area contributed by atoms with Crippen LogP contribution in [0, 0.1) is 13.8 Å². The second kappa shape index (κ2) is 6.15. The summed E-state index contributed by atoms with van der Waals surface area (Å²) < 4.78 is 6.83. The summed E-state index contributed by atoms with van der Waals surface area (Å²) in [4.78, 5) is 25.4. The molecule has 1 amide bonds. The van der Waals surface area contributed by atoms with Crippen LogP contribution in [-0.2, 0) is 11.3 Å². The summed E-state index contributed by atoms with van der Waals surface area (Å²) in [6, 6.07) is 14.7. The third-order valence-corrected chi connectivity index (χ3v) is 4.32. The maximum atomic E-state index is 12.8. The molecule has 0 bridgehead atoms. The molecule has 0 atom stereocenters. The lowest BCUT2D eigenvalue weighted by molar-refractivity contribution is -0.116. The first-order valence-corrected chi connectivity index (χ1v) is 8.28. The van der Waals surface area contributed by atoms with Gasteiger partial charge in [0.25, 0.3) is 0 Å². The van der Waals surface area contributed by atoms with Gasteiger partial charge in [0.15, 0.2) is 11.2 Å². The van der Waals surface area contributed by atoms with Crippen LogP contribution in [-0.4, -0.2) is 15.6 Å². The Bertz CT molecular complexity index is 1200. The van der Waals surface area contributed by atoms with Gasteiger partial charge in [0.2, 0.25) is 5.91 Å². The molecule has 2 aromatic carbocycles. The number of nitrogens with zero attached hydrogens (tertiary/aromatic N) is 2. The van der Waals surface area contributed by atoms with E-state index < -0.39 is 0 Å². The molecule has 130 valence electrons. The molecule has 26 heavy (non-hydrogen) atoms. The number of amides is 1. The van der Waals surface area contributed by atoms with Crippen LogP contribution in [0.25, 0.3) is 21.8 Å². The fraction of sp³-hybridized carbons (Fsp3) is 0.150. The average Bonchev–Trinajstić information content (AvgIpc) is 3.03. The van der Waals surface area contributed by atoms with Crippen molar-refractivity contribution in [2.24, 2.45) is 0 Å². The van der Waals surface area contributed by atoms with Gasteiger partial charge < -0.3 is 14.4 Å². The lowest BCUT2D eigenvalue weighted by Crippen LogP contribution is -2.21. The largest absolute Gasteiger partial charge is 0.360 e. The minimum absolute atomic E-state index is 0.0249. The van der Waals surface area contributed by atoms with E-state index >= 15 is 0 Å². The van der Waals surface area contributed by atoms with Gasteiger partial charge in [-0.1, -0.05) is 28.9 Å². The number of rotatable bonds is 3. The van der Waals surface area contributed by atoms with Crippen molar-refractivity contribution in [3.63, 3.8) is 0 Å². The molecule has 0 aliphatic carbocycles. The predicted octanol–water partition coefficient (Wildman–Crippen LogP) is 3.40. The number of hydrogen-bond donors (Lipinski definition) is 1. The minimum atomic E-state index is -0.242. The highest BCUT2D eigenvalue weighted by atomic mass is 16.5.